The Labute approximate surface area is 189 Å². The number of hydrogen-bond acceptors (Lipinski definition) is 4. The van der Waals surface area contributed by atoms with Gasteiger partial charge in [0.15, 0.2) is 0 Å². The molecule has 0 aliphatic carbocycles. The molecule has 2 aromatic rings. The Bertz CT molecular complexity index is 1090. The van der Waals surface area contributed by atoms with Gasteiger partial charge >= 0.3 is 0 Å². The highest BCUT2D eigenvalue weighted by molar-refractivity contribution is 7.89. The molecule has 3 heterocycles. The fourth-order valence-electron chi connectivity index (χ4n) is 4.70. The summed E-state index contributed by atoms with van der Waals surface area (Å²) in [5, 5.41) is 3.83. The maximum absolute atomic E-state index is 13.3. The molecule has 1 aromatic carbocycles. The second-order valence-corrected chi connectivity index (χ2v) is 10.6. The third kappa shape index (κ3) is 4.68. The fourth-order valence-corrected chi connectivity index (χ4v) is 6.26. The number of nitrogens with zero attached hydrogens (tertiary/aromatic N) is 3. The van der Waals surface area contributed by atoms with E-state index >= 15 is 0 Å². The number of aryl methyl sites for hydroxylation is 1. The molecule has 2 fully saturated rings. The van der Waals surface area contributed by atoms with E-state index in [0.29, 0.717) is 45.3 Å². The Kier molecular flexibility index (Phi) is 6.85. The summed E-state index contributed by atoms with van der Waals surface area (Å²) in [4.78, 5) is 26.4. The Morgan fingerprint density at radius 3 is 2.78 bits per heavy atom. The molecule has 0 saturated carbocycles. The minimum absolute atomic E-state index is 0.104. The summed E-state index contributed by atoms with van der Waals surface area (Å²) in [5.74, 6) is -0.265. The van der Waals surface area contributed by atoms with Gasteiger partial charge in [-0.3, -0.25) is 9.59 Å². The van der Waals surface area contributed by atoms with Gasteiger partial charge in [0.25, 0.3) is 0 Å². The fraction of sp³-hybridized carbons (Fsp3) is 0.565. The normalized spacial score (nSPS) is 20.2. The molecule has 2 aliphatic rings. The van der Waals surface area contributed by atoms with Crippen molar-refractivity contribution in [3.05, 3.63) is 30.5 Å². The average molecular weight is 461 g/mol. The van der Waals surface area contributed by atoms with Crippen LogP contribution in [0.5, 0.6) is 0 Å². The van der Waals surface area contributed by atoms with Gasteiger partial charge in [-0.15, -0.1) is 0 Å². The molecule has 174 valence electrons. The molecule has 2 aliphatic heterocycles. The molecule has 1 atom stereocenters. The number of nitrogens with one attached hydrogen (secondary N) is 1. The SMILES string of the molecule is CCn1ccc2cc(S(=O)(=O)N3CCC[C@@H](C(=O)NCCCN4CCCC4=O)C3)ccc21. The number of benzene rings is 1. The Balaban J connectivity index is 1.35. The molecule has 0 spiro atoms. The van der Waals surface area contributed by atoms with Crippen LogP contribution in [-0.4, -0.2) is 66.7 Å². The maximum Gasteiger partial charge on any atom is 0.243 e. The van der Waals surface area contributed by atoms with E-state index in [1.54, 1.807) is 12.1 Å². The van der Waals surface area contributed by atoms with E-state index in [-0.39, 0.29) is 29.2 Å². The first-order valence-electron chi connectivity index (χ1n) is 11.5. The van der Waals surface area contributed by atoms with Crippen molar-refractivity contribution >= 4 is 32.7 Å². The van der Waals surface area contributed by atoms with Gasteiger partial charge in [-0.05, 0) is 56.9 Å². The number of carbonyl (C=O) groups is 2. The number of carbonyl (C=O) groups excluding carboxylic acids is 2. The molecule has 9 heteroatoms. The summed E-state index contributed by atoms with van der Waals surface area (Å²) in [7, 11) is -3.66. The van der Waals surface area contributed by atoms with Gasteiger partial charge in [-0.1, -0.05) is 0 Å². The summed E-state index contributed by atoms with van der Waals surface area (Å²) in [6, 6.07) is 7.16. The molecule has 1 N–H and O–H groups in total. The Hall–Kier alpha value is -2.39. The predicted molar refractivity (Wildman–Crippen MR) is 123 cm³/mol. The Morgan fingerprint density at radius 1 is 1.19 bits per heavy atom. The van der Waals surface area contributed by atoms with Gasteiger partial charge in [0.05, 0.1) is 10.8 Å². The van der Waals surface area contributed by atoms with Gasteiger partial charge in [0.1, 0.15) is 0 Å². The van der Waals surface area contributed by atoms with E-state index in [9.17, 15) is 18.0 Å². The van der Waals surface area contributed by atoms with Crippen molar-refractivity contribution in [2.45, 2.75) is 50.5 Å². The van der Waals surface area contributed by atoms with Crippen molar-refractivity contribution in [2.24, 2.45) is 5.92 Å². The van der Waals surface area contributed by atoms with Crippen LogP contribution in [-0.2, 0) is 26.2 Å². The topological polar surface area (TPSA) is 91.7 Å². The van der Waals surface area contributed by atoms with Crippen LogP contribution in [0.4, 0.5) is 0 Å². The standard InChI is InChI=1S/C23H32N4O4S/c1-2-25-15-10-18-16-20(8-9-21(18)25)32(30,31)27-14-3-6-19(17-27)23(29)24-11-5-13-26-12-4-7-22(26)28/h8-10,15-16,19H,2-7,11-14,17H2,1H3,(H,24,29)/t19-/m1/s1. The summed E-state index contributed by atoms with van der Waals surface area (Å²) < 4.78 is 30.0. The summed E-state index contributed by atoms with van der Waals surface area (Å²) in [6.45, 7) is 5.46. The molecule has 32 heavy (non-hydrogen) atoms. The summed E-state index contributed by atoms with van der Waals surface area (Å²) in [5.41, 5.74) is 1.01. The summed E-state index contributed by atoms with van der Waals surface area (Å²) in [6.07, 6.45) is 5.55. The highest BCUT2D eigenvalue weighted by Crippen LogP contribution is 2.27. The van der Waals surface area contributed by atoms with Crippen LogP contribution < -0.4 is 5.32 Å². The van der Waals surface area contributed by atoms with Crippen molar-refractivity contribution < 1.29 is 18.0 Å². The number of rotatable bonds is 8. The lowest BCUT2D eigenvalue weighted by Gasteiger charge is -2.31. The lowest BCUT2D eigenvalue weighted by atomic mass is 9.99. The van der Waals surface area contributed by atoms with E-state index in [1.165, 1.54) is 4.31 Å². The van der Waals surface area contributed by atoms with Gasteiger partial charge < -0.3 is 14.8 Å². The van der Waals surface area contributed by atoms with E-state index in [2.05, 4.69) is 16.8 Å². The third-order valence-electron chi connectivity index (χ3n) is 6.55. The van der Waals surface area contributed by atoms with Crippen LogP contribution in [0, 0.1) is 5.92 Å². The van der Waals surface area contributed by atoms with Gasteiger partial charge in [0.2, 0.25) is 21.8 Å². The first-order valence-corrected chi connectivity index (χ1v) is 13.0. The van der Waals surface area contributed by atoms with Gasteiger partial charge in [0, 0.05) is 62.8 Å². The van der Waals surface area contributed by atoms with Gasteiger partial charge in [-0.25, -0.2) is 8.42 Å². The number of fused-ring (bicyclic) bond motifs is 1. The van der Waals surface area contributed by atoms with Crippen molar-refractivity contribution in [3.8, 4) is 0 Å². The van der Waals surface area contributed by atoms with Crippen LogP contribution in [0.25, 0.3) is 10.9 Å². The number of likely N-dealkylation sites (tertiary alicyclic amines) is 1. The summed E-state index contributed by atoms with van der Waals surface area (Å²) >= 11 is 0. The third-order valence-corrected chi connectivity index (χ3v) is 8.41. The van der Waals surface area contributed by atoms with Crippen LogP contribution in [0.15, 0.2) is 35.4 Å². The number of hydrogen-bond donors (Lipinski definition) is 1. The first-order chi connectivity index (χ1) is 15.4. The molecule has 0 bridgehead atoms. The average Bonchev–Trinajstić information content (AvgIpc) is 3.41. The van der Waals surface area contributed by atoms with Crippen molar-refractivity contribution in [1.82, 2.24) is 19.1 Å². The van der Waals surface area contributed by atoms with E-state index in [0.717, 1.165) is 30.4 Å². The molecule has 2 amide bonds. The van der Waals surface area contributed by atoms with Crippen LogP contribution in [0.3, 0.4) is 0 Å². The van der Waals surface area contributed by atoms with Crippen molar-refractivity contribution in [2.75, 3.05) is 32.7 Å². The zero-order chi connectivity index (χ0) is 22.7. The first kappa shape index (κ1) is 22.8. The highest BCUT2D eigenvalue weighted by atomic mass is 32.2. The lowest BCUT2D eigenvalue weighted by Crippen LogP contribution is -2.45. The van der Waals surface area contributed by atoms with Crippen molar-refractivity contribution in [1.29, 1.82) is 0 Å². The molecule has 0 unspecified atom stereocenters. The maximum atomic E-state index is 13.3. The smallest absolute Gasteiger partial charge is 0.243 e. The predicted octanol–water partition coefficient (Wildman–Crippen LogP) is 2.19. The van der Waals surface area contributed by atoms with Crippen LogP contribution in [0.2, 0.25) is 0 Å². The van der Waals surface area contributed by atoms with E-state index in [1.807, 2.05) is 23.2 Å². The largest absolute Gasteiger partial charge is 0.356 e. The number of sulfonamides is 1. The molecule has 1 aromatic heterocycles. The second-order valence-electron chi connectivity index (χ2n) is 8.65. The van der Waals surface area contributed by atoms with Gasteiger partial charge in [-0.2, -0.15) is 4.31 Å². The number of piperidine rings is 1. The minimum atomic E-state index is -3.66. The number of aromatic nitrogens is 1. The zero-order valence-electron chi connectivity index (χ0n) is 18.6. The van der Waals surface area contributed by atoms with Crippen LogP contribution >= 0.6 is 0 Å². The second kappa shape index (κ2) is 9.62. The van der Waals surface area contributed by atoms with Crippen molar-refractivity contribution in [3.63, 3.8) is 0 Å². The monoisotopic (exact) mass is 460 g/mol. The lowest BCUT2D eigenvalue weighted by molar-refractivity contribution is -0.127. The quantitative estimate of drug-likeness (QED) is 0.612. The molecular formula is C23H32N4O4S. The van der Waals surface area contributed by atoms with Crippen LogP contribution in [0.1, 0.15) is 39.0 Å². The zero-order valence-corrected chi connectivity index (χ0v) is 19.4. The van der Waals surface area contributed by atoms with E-state index < -0.39 is 10.0 Å². The molecule has 0 radical (unpaired) electrons. The molecular weight excluding hydrogens is 428 g/mol. The highest BCUT2D eigenvalue weighted by Gasteiger charge is 2.33. The number of amides is 2. The Morgan fingerprint density at radius 2 is 2.03 bits per heavy atom. The molecule has 4 rings (SSSR count). The minimum Gasteiger partial charge on any atom is -0.356 e. The molecule has 2 saturated heterocycles. The molecule has 8 nitrogen and oxygen atoms in total. The van der Waals surface area contributed by atoms with E-state index in [4.69, 9.17) is 0 Å².